The number of piperidine rings is 1. The van der Waals surface area contributed by atoms with Crippen LogP contribution in [0.5, 0.6) is 0 Å². The number of fused-ring (bicyclic) bond motifs is 2. The number of hydrogen-bond acceptors (Lipinski definition) is 3. The standard InChI is InChI=1S/C14H23NO3/c1-5-10-11-7-6-9(8-12(10)16)15(11)13(17)18-14(2,3)4/h5,9-12,16H,1,6-8H2,2-4H3/t9?,10-,11?,12+/m0/s1. The van der Waals surface area contributed by atoms with E-state index in [1.165, 1.54) is 0 Å². The predicted octanol–water partition coefficient (Wildman–Crippen LogP) is 2.32. The van der Waals surface area contributed by atoms with Gasteiger partial charge >= 0.3 is 6.09 Å². The zero-order chi connectivity index (χ0) is 13.5. The Morgan fingerprint density at radius 1 is 1.44 bits per heavy atom. The second-order valence-corrected chi connectivity index (χ2v) is 6.30. The molecule has 4 heteroatoms. The fourth-order valence-electron chi connectivity index (χ4n) is 3.13. The van der Waals surface area contributed by atoms with Crippen LogP contribution in [0.3, 0.4) is 0 Å². The normalized spacial score (nSPS) is 35.4. The summed E-state index contributed by atoms with van der Waals surface area (Å²) in [6, 6.07) is 0.169. The Balaban J connectivity index is 2.14. The fraction of sp³-hybridized carbons (Fsp3) is 0.786. The average Bonchev–Trinajstić information content (AvgIpc) is 2.53. The first-order valence-electron chi connectivity index (χ1n) is 6.65. The van der Waals surface area contributed by atoms with Gasteiger partial charge in [-0.1, -0.05) is 6.08 Å². The number of carbonyl (C=O) groups excluding carboxylic acids is 1. The zero-order valence-corrected chi connectivity index (χ0v) is 11.4. The van der Waals surface area contributed by atoms with E-state index < -0.39 is 5.60 Å². The van der Waals surface area contributed by atoms with E-state index >= 15 is 0 Å². The van der Waals surface area contributed by atoms with Gasteiger partial charge in [0.2, 0.25) is 0 Å². The minimum Gasteiger partial charge on any atom is -0.444 e. The minimum atomic E-state index is -0.476. The van der Waals surface area contributed by atoms with Crippen molar-refractivity contribution in [1.29, 1.82) is 0 Å². The summed E-state index contributed by atoms with van der Waals surface area (Å²) in [5.74, 6) is -0.0312. The summed E-state index contributed by atoms with van der Waals surface area (Å²) in [6.07, 6.45) is 3.65. The van der Waals surface area contributed by atoms with Crippen molar-refractivity contribution in [2.45, 2.75) is 63.8 Å². The molecule has 1 amide bonds. The van der Waals surface area contributed by atoms with Gasteiger partial charge in [-0.15, -0.1) is 6.58 Å². The molecule has 0 spiro atoms. The highest BCUT2D eigenvalue weighted by Gasteiger charge is 2.48. The van der Waals surface area contributed by atoms with Gasteiger partial charge < -0.3 is 14.7 Å². The number of aliphatic hydroxyl groups is 1. The van der Waals surface area contributed by atoms with Crippen LogP contribution in [-0.4, -0.2) is 39.9 Å². The van der Waals surface area contributed by atoms with E-state index in [-0.39, 0.29) is 30.2 Å². The molecule has 0 aromatic heterocycles. The van der Waals surface area contributed by atoms with Crippen LogP contribution in [0.2, 0.25) is 0 Å². The van der Waals surface area contributed by atoms with Gasteiger partial charge in [-0.2, -0.15) is 0 Å². The maximum atomic E-state index is 12.2. The number of amides is 1. The molecule has 0 aliphatic carbocycles. The van der Waals surface area contributed by atoms with Crippen LogP contribution in [-0.2, 0) is 4.74 Å². The Bertz CT molecular complexity index is 347. The van der Waals surface area contributed by atoms with Gasteiger partial charge in [0.15, 0.2) is 0 Å². The number of ether oxygens (including phenoxy) is 1. The Morgan fingerprint density at radius 2 is 2.11 bits per heavy atom. The number of carbonyl (C=O) groups is 1. The van der Waals surface area contributed by atoms with Crippen LogP contribution in [0, 0.1) is 5.92 Å². The molecule has 4 nitrogen and oxygen atoms in total. The van der Waals surface area contributed by atoms with E-state index in [4.69, 9.17) is 4.74 Å². The third-order valence-electron chi connectivity index (χ3n) is 3.82. The van der Waals surface area contributed by atoms with Crippen molar-refractivity contribution < 1.29 is 14.6 Å². The van der Waals surface area contributed by atoms with Gasteiger partial charge in [-0.3, -0.25) is 0 Å². The summed E-state index contributed by atoms with van der Waals surface area (Å²) in [7, 11) is 0. The van der Waals surface area contributed by atoms with Crippen LogP contribution >= 0.6 is 0 Å². The van der Waals surface area contributed by atoms with Gasteiger partial charge in [-0.05, 0) is 40.0 Å². The number of hydrogen-bond donors (Lipinski definition) is 1. The molecule has 1 N–H and O–H groups in total. The van der Waals surface area contributed by atoms with Crippen molar-refractivity contribution in [2.24, 2.45) is 5.92 Å². The lowest BCUT2D eigenvalue weighted by Gasteiger charge is -2.41. The summed E-state index contributed by atoms with van der Waals surface area (Å²) in [5.41, 5.74) is -0.476. The first-order valence-corrected chi connectivity index (χ1v) is 6.65. The molecule has 0 aromatic rings. The lowest BCUT2D eigenvalue weighted by Crippen LogP contribution is -2.54. The molecule has 102 valence electrons. The summed E-state index contributed by atoms with van der Waals surface area (Å²) in [5, 5.41) is 10.0. The van der Waals surface area contributed by atoms with Crippen LogP contribution in [0.25, 0.3) is 0 Å². The van der Waals surface area contributed by atoms with Crippen LogP contribution in [0.15, 0.2) is 12.7 Å². The monoisotopic (exact) mass is 253 g/mol. The number of rotatable bonds is 1. The summed E-state index contributed by atoms with van der Waals surface area (Å²) in [4.78, 5) is 14.1. The number of aliphatic hydroxyl groups excluding tert-OH is 1. The maximum absolute atomic E-state index is 12.2. The lowest BCUT2D eigenvalue weighted by molar-refractivity contribution is -0.0266. The molecule has 2 fully saturated rings. The van der Waals surface area contributed by atoms with Crippen molar-refractivity contribution in [3.05, 3.63) is 12.7 Å². The highest BCUT2D eigenvalue weighted by molar-refractivity contribution is 5.70. The topological polar surface area (TPSA) is 49.8 Å². The van der Waals surface area contributed by atoms with Crippen LogP contribution < -0.4 is 0 Å². The van der Waals surface area contributed by atoms with Crippen LogP contribution in [0.4, 0.5) is 4.79 Å². The lowest BCUT2D eigenvalue weighted by atomic mass is 9.88. The van der Waals surface area contributed by atoms with Gasteiger partial charge in [-0.25, -0.2) is 4.79 Å². The van der Waals surface area contributed by atoms with Gasteiger partial charge in [0.1, 0.15) is 5.60 Å². The van der Waals surface area contributed by atoms with Gasteiger partial charge in [0.05, 0.1) is 6.10 Å². The Morgan fingerprint density at radius 3 is 2.67 bits per heavy atom. The molecule has 0 aromatic carbocycles. The molecule has 4 atom stereocenters. The van der Waals surface area contributed by atoms with Gasteiger partial charge in [0.25, 0.3) is 0 Å². The van der Waals surface area contributed by atoms with Crippen molar-refractivity contribution in [3.8, 4) is 0 Å². The summed E-state index contributed by atoms with van der Waals surface area (Å²) < 4.78 is 5.46. The molecular formula is C14H23NO3. The molecule has 2 unspecified atom stereocenters. The second kappa shape index (κ2) is 4.57. The van der Waals surface area contributed by atoms with Crippen molar-refractivity contribution in [3.63, 3.8) is 0 Å². The van der Waals surface area contributed by atoms with Crippen molar-refractivity contribution in [2.75, 3.05) is 0 Å². The molecule has 18 heavy (non-hydrogen) atoms. The summed E-state index contributed by atoms with van der Waals surface area (Å²) >= 11 is 0. The van der Waals surface area contributed by atoms with Gasteiger partial charge in [0, 0.05) is 18.0 Å². The first-order chi connectivity index (χ1) is 8.33. The van der Waals surface area contributed by atoms with Crippen molar-refractivity contribution >= 4 is 6.09 Å². The quantitative estimate of drug-likeness (QED) is 0.730. The average molecular weight is 253 g/mol. The highest BCUT2D eigenvalue weighted by Crippen LogP contribution is 2.40. The molecular weight excluding hydrogens is 230 g/mol. The van der Waals surface area contributed by atoms with E-state index in [1.807, 2.05) is 25.7 Å². The summed E-state index contributed by atoms with van der Waals surface area (Å²) in [6.45, 7) is 9.40. The maximum Gasteiger partial charge on any atom is 0.410 e. The zero-order valence-electron chi connectivity index (χ0n) is 11.4. The minimum absolute atomic E-state index is 0.0312. The van der Waals surface area contributed by atoms with E-state index in [1.54, 1.807) is 6.08 Å². The molecule has 0 radical (unpaired) electrons. The van der Waals surface area contributed by atoms with Crippen LogP contribution in [0.1, 0.15) is 40.0 Å². The number of nitrogens with zero attached hydrogens (tertiary/aromatic N) is 1. The SMILES string of the molecule is C=C[C@H]1C2CCC(C[C@H]1O)N2C(=O)OC(C)(C)C. The van der Waals surface area contributed by atoms with E-state index in [2.05, 4.69) is 6.58 Å². The molecule has 2 aliphatic rings. The second-order valence-electron chi connectivity index (χ2n) is 6.30. The fourth-order valence-corrected chi connectivity index (χ4v) is 3.13. The molecule has 2 rings (SSSR count). The Labute approximate surface area is 109 Å². The third-order valence-corrected chi connectivity index (χ3v) is 3.82. The molecule has 2 aliphatic heterocycles. The first kappa shape index (κ1) is 13.4. The highest BCUT2D eigenvalue weighted by atomic mass is 16.6. The predicted molar refractivity (Wildman–Crippen MR) is 69.2 cm³/mol. The van der Waals surface area contributed by atoms with E-state index in [0.717, 1.165) is 12.8 Å². The molecule has 2 saturated heterocycles. The van der Waals surface area contributed by atoms with E-state index in [0.29, 0.717) is 6.42 Å². The van der Waals surface area contributed by atoms with Crippen molar-refractivity contribution in [1.82, 2.24) is 4.90 Å². The molecule has 2 bridgehead atoms. The third kappa shape index (κ3) is 2.39. The Hall–Kier alpha value is -1.03. The smallest absolute Gasteiger partial charge is 0.410 e. The molecule has 2 heterocycles. The molecule has 0 saturated carbocycles. The van der Waals surface area contributed by atoms with E-state index in [9.17, 15) is 9.90 Å². The largest absolute Gasteiger partial charge is 0.444 e. The Kier molecular flexibility index (Phi) is 3.41.